The fourth-order valence-corrected chi connectivity index (χ4v) is 3.68. The van der Waals surface area contributed by atoms with Crippen LogP contribution in [0.2, 0.25) is 0 Å². The lowest BCUT2D eigenvalue weighted by molar-refractivity contribution is -0.137. The van der Waals surface area contributed by atoms with E-state index in [-0.39, 0.29) is 12.3 Å². The Kier molecular flexibility index (Phi) is 5.10. The maximum absolute atomic E-state index is 12.8. The Morgan fingerprint density at radius 3 is 2.88 bits per heavy atom. The summed E-state index contributed by atoms with van der Waals surface area (Å²) in [5.41, 5.74) is 5.91. The van der Waals surface area contributed by atoms with Gasteiger partial charge in [-0.05, 0) is 31.0 Å². The van der Waals surface area contributed by atoms with Crippen molar-refractivity contribution >= 4 is 17.2 Å². The molecular formula is C17H18F3N3OS. The third kappa shape index (κ3) is 4.19. The van der Waals surface area contributed by atoms with Gasteiger partial charge in [0.05, 0.1) is 17.7 Å². The van der Waals surface area contributed by atoms with Crippen LogP contribution in [0.1, 0.15) is 17.7 Å². The minimum absolute atomic E-state index is 0.0168. The van der Waals surface area contributed by atoms with E-state index in [2.05, 4.69) is 4.98 Å². The average molecular weight is 369 g/mol. The molecule has 4 nitrogen and oxygen atoms in total. The Bertz CT molecular complexity index is 760. The molecule has 3 rings (SSSR count). The van der Waals surface area contributed by atoms with E-state index in [0.717, 1.165) is 18.6 Å². The monoisotopic (exact) mass is 369 g/mol. The van der Waals surface area contributed by atoms with Crippen LogP contribution < -0.4 is 5.73 Å². The van der Waals surface area contributed by atoms with Crippen molar-refractivity contribution in [1.82, 2.24) is 9.88 Å². The van der Waals surface area contributed by atoms with Crippen molar-refractivity contribution in [3.8, 4) is 10.6 Å². The molecular weight excluding hydrogens is 351 g/mol. The first-order valence-electron chi connectivity index (χ1n) is 7.96. The Labute approximate surface area is 147 Å². The number of aromatic nitrogens is 1. The molecule has 2 heterocycles. The lowest BCUT2D eigenvalue weighted by Crippen LogP contribution is -2.31. The van der Waals surface area contributed by atoms with Crippen molar-refractivity contribution in [2.75, 3.05) is 19.6 Å². The average Bonchev–Trinajstić information content (AvgIpc) is 3.23. The number of halogens is 3. The minimum atomic E-state index is -4.39. The zero-order chi connectivity index (χ0) is 18.0. The second kappa shape index (κ2) is 7.13. The third-order valence-electron chi connectivity index (χ3n) is 4.29. The van der Waals surface area contributed by atoms with Gasteiger partial charge in [-0.15, -0.1) is 11.3 Å². The summed E-state index contributed by atoms with van der Waals surface area (Å²) >= 11 is 1.24. The van der Waals surface area contributed by atoms with Crippen LogP contribution in [0.5, 0.6) is 0 Å². The summed E-state index contributed by atoms with van der Waals surface area (Å²) in [6.07, 6.45) is -3.32. The topological polar surface area (TPSA) is 59.2 Å². The van der Waals surface area contributed by atoms with Gasteiger partial charge in [0.2, 0.25) is 5.91 Å². The predicted molar refractivity (Wildman–Crippen MR) is 90.0 cm³/mol. The molecule has 0 saturated carbocycles. The smallest absolute Gasteiger partial charge is 0.342 e. The van der Waals surface area contributed by atoms with Crippen LogP contribution in [0.3, 0.4) is 0 Å². The number of carbonyl (C=O) groups excluding carboxylic acids is 1. The molecule has 1 saturated heterocycles. The van der Waals surface area contributed by atoms with Gasteiger partial charge in [-0.3, -0.25) is 4.79 Å². The largest absolute Gasteiger partial charge is 0.416 e. The fraction of sp³-hybridized carbons (Fsp3) is 0.412. The Morgan fingerprint density at radius 1 is 1.40 bits per heavy atom. The summed E-state index contributed by atoms with van der Waals surface area (Å²) in [6.45, 7) is 1.94. The van der Waals surface area contributed by atoms with Gasteiger partial charge in [0, 0.05) is 24.0 Å². The molecule has 1 atom stereocenters. The van der Waals surface area contributed by atoms with Gasteiger partial charge in [-0.2, -0.15) is 13.2 Å². The van der Waals surface area contributed by atoms with Gasteiger partial charge in [-0.1, -0.05) is 12.1 Å². The van der Waals surface area contributed by atoms with E-state index in [9.17, 15) is 18.0 Å². The molecule has 8 heteroatoms. The summed E-state index contributed by atoms with van der Waals surface area (Å²) < 4.78 is 38.5. The van der Waals surface area contributed by atoms with Crippen molar-refractivity contribution in [3.63, 3.8) is 0 Å². The van der Waals surface area contributed by atoms with Crippen LogP contribution in [0.4, 0.5) is 13.2 Å². The molecule has 0 radical (unpaired) electrons. The summed E-state index contributed by atoms with van der Waals surface area (Å²) in [4.78, 5) is 18.4. The highest BCUT2D eigenvalue weighted by Crippen LogP contribution is 2.33. The van der Waals surface area contributed by atoms with E-state index < -0.39 is 11.7 Å². The molecule has 1 aliphatic heterocycles. The number of rotatable bonds is 4. The fourth-order valence-electron chi connectivity index (χ4n) is 2.87. The molecule has 0 aliphatic carbocycles. The van der Waals surface area contributed by atoms with Crippen LogP contribution in [0.25, 0.3) is 10.6 Å². The van der Waals surface area contributed by atoms with Gasteiger partial charge < -0.3 is 10.6 Å². The minimum Gasteiger partial charge on any atom is -0.342 e. The molecule has 1 aromatic heterocycles. The van der Waals surface area contributed by atoms with E-state index in [1.165, 1.54) is 17.4 Å². The summed E-state index contributed by atoms with van der Waals surface area (Å²) in [5.74, 6) is 0.330. The number of hydrogen-bond acceptors (Lipinski definition) is 4. The number of alkyl halides is 3. The Hall–Kier alpha value is -1.93. The van der Waals surface area contributed by atoms with E-state index in [1.807, 2.05) is 0 Å². The highest BCUT2D eigenvalue weighted by molar-refractivity contribution is 7.13. The Balaban J connectivity index is 1.70. The number of nitrogens with two attached hydrogens (primary N) is 1. The second-order valence-corrected chi connectivity index (χ2v) is 6.99. The SMILES string of the molecule is NCC1CCN(C(=O)Cc2csc(-c3cccc(C(F)(F)F)c3)n2)C1. The lowest BCUT2D eigenvalue weighted by Gasteiger charge is -2.15. The zero-order valence-electron chi connectivity index (χ0n) is 13.4. The van der Waals surface area contributed by atoms with E-state index in [4.69, 9.17) is 5.73 Å². The second-order valence-electron chi connectivity index (χ2n) is 6.13. The lowest BCUT2D eigenvalue weighted by atomic mass is 10.1. The number of likely N-dealkylation sites (tertiary alicyclic amines) is 1. The van der Waals surface area contributed by atoms with E-state index >= 15 is 0 Å². The first-order valence-corrected chi connectivity index (χ1v) is 8.84. The predicted octanol–water partition coefficient (Wildman–Crippen LogP) is 3.18. The van der Waals surface area contributed by atoms with Crippen molar-refractivity contribution in [1.29, 1.82) is 0 Å². The molecule has 1 amide bonds. The Morgan fingerprint density at radius 2 is 2.20 bits per heavy atom. The van der Waals surface area contributed by atoms with Crippen LogP contribution in [-0.2, 0) is 17.4 Å². The first-order chi connectivity index (χ1) is 11.9. The van der Waals surface area contributed by atoms with Gasteiger partial charge in [-0.25, -0.2) is 4.98 Å². The van der Waals surface area contributed by atoms with E-state index in [0.29, 0.717) is 41.8 Å². The van der Waals surface area contributed by atoms with Crippen molar-refractivity contribution in [2.24, 2.45) is 11.7 Å². The maximum Gasteiger partial charge on any atom is 0.416 e. The van der Waals surface area contributed by atoms with Crippen LogP contribution in [0.15, 0.2) is 29.6 Å². The molecule has 25 heavy (non-hydrogen) atoms. The molecule has 0 bridgehead atoms. The molecule has 1 fully saturated rings. The third-order valence-corrected chi connectivity index (χ3v) is 5.23. The number of hydrogen-bond donors (Lipinski definition) is 1. The molecule has 0 spiro atoms. The van der Waals surface area contributed by atoms with E-state index in [1.54, 1.807) is 16.3 Å². The van der Waals surface area contributed by atoms with Crippen LogP contribution in [0, 0.1) is 5.92 Å². The quantitative estimate of drug-likeness (QED) is 0.901. The highest BCUT2D eigenvalue weighted by atomic mass is 32.1. The number of thiazole rings is 1. The normalized spacial score (nSPS) is 17.9. The maximum atomic E-state index is 12.8. The summed E-state index contributed by atoms with van der Waals surface area (Å²) in [5, 5.41) is 2.21. The molecule has 2 N–H and O–H groups in total. The van der Waals surface area contributed by atoms with Crippen molar-refractivity contribution < 1.29 is 18.0 Å². The van der Waals surface area contributed by atoms with Gasteiger partial charge in [0.25, 0.3) is 0 Å². The summed E-state index contributed by atoms with van der Waals surface area (Å²) in [6, 6.07) is 5.06. The van der Waals surface area contributed by atoms with Crippen LogP contribution >= 0.6 is 11.3 Å². The molecule has 2 aromatic rings. The standard InChI is InChI=1S/C17H18F3N3OS/c18-17(19,20)13-3-1-2-12(6-13)16-22-14(10-25-16)7-15(24)23-5-4-11(8-21)9-23/h1-3,6,10-11H,4-5,7-9,21H2. The summed E-state index contributed by atoms with van der Waals surface area (Å²) in [7, 11) is 0. The zero-order valence-corrected chi connectivity index (χ0v) is 14.2. The molecule has 134 valence electrons. The molecule has 1 unspecified atom stereocenters. The van der Waals surface area contributed by atoms with Crippen molar-refractivity contribution in [2.45, 2.75) is 19.0 Å². The highest BCUT2D eigenvalue weighted by Gasteiger charge is 2.30. The van der Waals surface area contributed by atoms with Gasteiger partial charge in [0.1, 0.15) is 5.01 Å². The number of nitrogens with zero attached hydrogens (tertiary/aromatic N) is 2. The molecule has 1 aromatic carbocycles. The number of carbonyl (C=O) groups is 1. The van der Waals surface area contributed by atoms with Crippen LogP contribution in [-0.4, -0.2) is 35.4 Å². The molecule has 1 aliphatic rings. The van der Waals surface area contributed by atoms with Gasteiger partial charge in [0.15, 0.2) is 0 Å². The van der Waals surface area contributed by atoms with Gasteiger partial charge >= 0.3 is 6.18 Å². The van der Waals surface area contributed by atoms with Crippen molar-refractivity contribution in [3.05, 3.63) is 40.9 Å². The first kappa shape index (κ1) is 17.9. The number of benzene rings is 1. The number of amides is 1.